The Morgan fingerprint density at radius 1 is 1.41 bits per heavy atom. The van der Waals surface area contributed by atoms with E-state index in [9.17, 15) is 18.4 Å². The smallest absolute Gasteiger partial charge is 0.317 e. The number of carbonyl (C=O) groups excluding carboxylic acids is 1. The average Bonchev–Trinajstić information content (AvgIpc) is 2.82. The topological polar surface area (TPSA) is 69.6 Å². The van der Waals surface area contributed by atoms with Crippen molar-refractivity contribution < 1.29 is 23.5 Å². The first-order valence-corrected chi connectivity index (χ1v) is 6.97. The molecular formula is C15H18F2N2O3. The van der Waals surface area contributed by atoms with E-state index in [4.69, 9.17) is 5.11 Å². The van der Waals surface area contributed by atoms with Gasteiger partial charge in [0, 0.05) is 24.7 Å². The van der Waals surface area contributed by atoms with Gasteiger partial charge in [0.25, 0.3) is 0 Å². The van der Waals surface area contributed by atoms with Crippen LogP contribution in [0.25, 0.3) is 0 Å². The molecule has 2 atom stereocenters. The normalized spacial score (nSPS) is 22.5. The van der Waals surface area contributed by atoms with Crippen LogP contribution in [0.4, 0.5) is 13.6 Å². The molecular weight excluding hydrogens is 294 g/mol. The second-order valence-electron chi connectivity index (χ2n) is 5.87. The zero-order valence-corrected chi connectivity index (χ0v) is 12.4. The van der Waals surface area contributed by atoms with Gasteiger partial charge in [0.1, 0.15) is 11.6 Å². The Labute approximate surface area is 126 Å². The molecule has 1 heterocycles. The van der Waals surface area contributed by atoms with Gasteiger partial charge in [-0.2, -0.15) is 0 Å². The number of carboxylic acid groups (broad SMARTS) is 1. The molecule has 22 heavy (non-hydrogen) atoms. The molecule has 0 bridgehead atoms. The molecule has 0 aliphatic carbocycles. The molecule has 0 aromatic heterocycles. The molecule has 1 aromatic carbocycles. The van der Waals surface area contributed by atoms with Gasteiger partial charge in [-0.05, 0) is 26.3 Å². The molecule has 1 aliphatic rings. The number of carboxylic acids is 1. The largest absolute Gasteiger partial charge is 0.481 e. The molecule has 0 spiro atoms. The van der Waals surface area contributed by atoms with Crippen molar-refractivity contribution >= 4 is 12.0 Å². The van der Waals surface area contributed by atoms with Crippen molar-refractivity contribution in [1.29, 1.82) is 0 Å². The summed E-state index contributed by atoms with van der Waals surface area (Å²) in [6.07, 6.45) is 0.370. The van der Waals surface area contributed by atoms with Crippen LogP contribution >= 0.6 is 0 Å². The Morgan fingerprint density at radius 2 is 2.09 bits per heavy atom. The van der Waals surface area contributed by atoms with Crippen LogP contribution in [0, 0.1) is 17.0 Å². The van der Waals surface area contributed by atoms with Gasteiger partial charge < -0.3 is 15.3 Å². The monoisotopic (exact) mass is 312 g/mol. The summed E-state index contributed by atoms with van der Waals surface area (Å²) < 4.78 is 26.6. The van der Waals surface area contributed by atoms with Crippen LogP contribution in [-0.4, -0.2) is 35.1 Å². The number of carbonyl (C=O) groups is 2. The van der Waals surface area contributed by atoms with Gasteiger partial charge in [-0.3, -0.25) is 4.79 Å². The second kappa shape index (κ2) is 5.90. The summed E-state index contributed by atoms with van der Waals surface area (Å²) in [6, 6.07) is 2.06. The molecule has 2 rings (SSSR count). The summed E-state index contributed by atoms with van der Waals surface area (Å²) >= 11 is 0. The maximum atomic E-state index is 13.7. The van der Waals surface area contributed by atoms with E-state index in [2.05, 4.69) is 5.32 Å². The number of hydrogen-bond acceptors (Lipinski definition) is 2. The van der Waals surface area contributed by atoms with Crippen LogP contribution in [0.1, 0.15) is 31.9 Å². The molecule has 1 aromatic rings. The van der Waals surface area contributed by atoms with E-state index >= 15 is 0 Å². The minimum atomic E-state index is -0.957. The zero-order chi connectivity index (χ0) is 16.5. The maximum Gasteiger partial charge on any atom is 0.317 e. The fraction of sp³-hybridized carbons (Fsp3) is 0.467. The van der Waals surface area contributed by atoms with Crippen LogP contribution in [0.2, 0.25) is 0 Å². The van der Waals surface area contributed by atoms with Gasteiger partial charge in [0.2, 0.25) is 0 Å². The number of amides is 2. The maximum absolute atomic E-state index is 13.7. The molecule has 1 fully saturated rings. The van der Waals surface area contributed by atoms with E-state index in [1.807, 2.05) is 0 Å². The summed E-state index contributed by atoms with van der Waals surface area (Å²) in [4.78, 5) is 24.7. The lowest BCUT2D eigenvalue weighted by Crippen LogP contribution is -2.41. The van der Waals surface area contributed by atoms with Gasteiger partial charge in [-0.25, -0.2) is 13.6 Å². The van der Waals surface area contributed by atoms with Crippen LogP contribution in [-0.2, 0) is 4.79 Å². The van der Waals surface area contributed by atoms with Crippen molar-refractivity contribution in [2.45, 2.75) is 26.3 Å². The van der Waals surface area contributed by atoms with Crippen molar-refractivity contribution in [1.82, 2.24) is 10.2 Å². The lowest BCUT2D eigenvalue weighted by molar-refractivity contribution is -0.147. The summed E-state index contributed by atoms with van der Waals surface area (Å²) in [5.74, 6) is -2.36. The first-order chi connectivity index (χ1) is 10.2. The standard InChI is InChI=1S/C15H18F2N2O3/c1-9(11-4-3-10(16)7-12(11)17)18-14(22)19-6-5-15(2,8-19)13(20)21/h3-4,7,9H,5-6,8H2,1-2H3,(H,18,22)(H,20,21). The fourth-order valence-corrected chi connectivity index (χ4v) is 2.52. The lowest BCUT2D eigenvalue weighted by Gasteiger charge is -2.23. The Balaban J connectivity index is 2.02. The zero-order valence-electron chi connectivity index (χ0n) is 12.4. The number of hydrogen-bond donors (Lipinski definition) is 2. The van der Waals surface area contributed by atoms with E-state index in [0.29, 0.717) is 13.0 Å². The first-order valence-electron chi connectivity index (χ1n) is 6.97. The number of aliphatic carboxylic acids is 1. The Morgan fingerprint density at radius 3 is 2.64 bits per heavy atom. The highest BCUT2D eigenvalue weighted by Crippen LogP contribution is 2.30. The van der Waals surface area contributed by atoms with Gasteiger partial charge in [0.05, 0.1) is 11.5 Å². The summed E-state index contributed by atoms with van der Waals surface area (Å²) in [6.45, 7) is 3.60. The second-order valence-corrected chi connectivity index (χ2v) is 5.87. The lowest BCUT2D eigenvalue weighted by atomic mass is 9.90. The van der Waals surface area contributed by atoms with Gasteiger partial charge >= 0.3 is 12.0 Å². The number of benzene rings is 1. The summed E-state index contributed by atoms with van der Waals surface area (Å²) in [5.41, 5.74) is -0.781. The van der Waals surface area contributed by atoms with Crippen molar-refractivity contribution in [3.05, 3.63) is 35.4 Å². The minimum absolute atomic E-state index is 0.104. The number of nitrogens with one attached hydrogen (secondary N) is 1. The number of rotatable bonds is 3. The van der Waals surface area contributed by atoms with Crippen LogP contribution in [0.5, 0.6) is 0 Å². The molecule has 2 unspecified atom stereocenters. The third kappa shape index (κ3) is 3.18. The molecule has 0 radical (unpaired) electrons. The predicted octanol–water partition coefficient (Wildman–Crippen LogP) is 2.53. The quantitative estimate of drug-likeness (QED) is 0.901. The molecule has 2 amide bonds. The molecule has 7 heteroatoms. The van der Waals surface area contributed by atoms with Gasteiger partial charge in [-0.15, -0.1) is 0 Å². The number of likely N-dealkylation sites (tertiary alicyclic amines) is 1. The van der Waals surface area contributed by atoms with E-state index < -0.39 is 35.1 Å². The minimum Gasteiger partial charge on any atom is -0.481 e. The van der Waals surface area contributed by atoms with Gasteiger partial charge in [-0.1, -0.05) is 6.07 Å². The van der Waals surface area contributed by atoms with Crippen LogP contribution in [0.3, 0.4) is 0 Å². The predicted molar refractivity (Wildman–Crippen MR) is 75.2 cm³/mol. The molecule has 0 saturated carbocycles. The van der Waals surface area contributed by atoms with E-state index in [0.717, 1.165) is 12.1 Å². The Bertz CT molecular complexity index is 608. The van der Waals surface area contributed by atoms with Crippen molar-refractivity contribution in [2.75, 3.05) is 13.1 Å². The van der Waals surface area contributed by atoms with E-state index in [1.54, 1.807) is 13.8 Å². The van der Waals surface area contributed by atoms with Crippen molar-refractivity contribution in [2.24, 2.45) is 5.41 Å². The molecule has 1 aliphatic heterocycles. The highest BCUT2D eigenvalue weighted by molar-refractivity contribution is 5.79. The summed E-state index contributed by atoms with van der Waals surface area (Å²) in [5, 5.41) is 11.8. The molecule has 1 saturated heterocycles. The Hall–Kier alpha value is -2.18. The number of nitrogens with zero attached hydrogens (tertiary/aromatic N) is 1. The van der Waals surface area contributed by atoms with Crippen molar-refractivity contribution in [3.8, 4) is 0 Å². The highest BCUT2D eigenvalue weighted by atomic mass is 19.1. The molecule has 120 valence electrons. The molecule has 5 nitrogen and oxygen atoms in total. The number of halogens is 2. The molecule has 2 N–H and O–H groups in total. The van der Waals surface area contributed by atoms with Gasteiger partial charge in [0.15, 0.2) is 0 Å². The first kappa shape index (κ1) is 16.2. The fourth-order valence-electron chi connectivity index (χ4n) is 2.52. The van der Waals surface area contributed by atoms with Crippen LogP contribution in [0.15, 0.2) is 18.2 Å². The Kier molecular flexibility index (Phi) is 4.35. The highest BCUT2D eigenvalue weighted by Gasteiger charge is 2.42. The average molecular weight is 312 g/mol. The van der Waals surface area contributed by atoms with Crippen LogP contribution < -0.4 is 5.32 Å². The van der Waals surface area contributed by atoms with E-state index in [-0.39, 0.29) is 12.1 Å². The van der Waals surface area contributed by atoms with E-state index in [1.165, 1.54) is 11.0 Å². The SMILES string of the molecule is CC(NC(=O)N1CCC(C)(C(=O)O)C1)c1ccc(F)cc1F. The summed E-state index contributed by atoms with van der Waals surface area (Å²) in [7, 11) is 0. The number of urea groups is 1. The third-order valence-electron chi connectivity index (χ3n) is 4.05. The third-order valence-corrected chi connectivity index (χ3v) is 4.05. The van der Waals surface area contributed by atoms with Crippen molar-refractivity contribution in [3.63, 3.8) is 0 Å².